The number of fused-ring (bicyclic) bond motifs is 1. The number of nitrogens with zero attached hydrogens (tertiary/aromatic N) is 3. The maximum atomic E-state index is 10.6. The molecular formula is C21H29N5OS. The fourth-order valence-corrected chi connectivity index (χ4v) is 4.05. The van der Waals surface area contributed by atoms with Crippen LogP contribution in [-0.4, -0.2) is 33.7 Å². The Morgan fingerprint density at radius 2 is 2.11 bits per heavy atom. The summed E-state index contributed by atoms with van der Waals surface area (Å²) in [6.45, 7) is 8.99. The molecule has 0 aliphatic carbocycles. The third kappa shape index (κ3) is 5.33. The molecule has 0 spiro atoms. The van der Waals surface area contributed by atoms with Crippen molar-refractivity contribution in [3.63, 3.8) is 0 Å². The van der Waals surface area contributed by atoms with Crippen molar-refractivity contribution < 1.29 is 5.11 Å². The molecule has 3 aromatic rings. The minimum atomic E-state index is -0.579. The SMILES string of the molecule is CCNC(=NCc1nccn1CC(C)C)NCC(O)c1cc2ccccc2s1. The molecule has 0 saturated carbocycles. The molecule has 0 saturated heterocycles. The predicted octanol–water partition coefficient (Wildman–Crippen LogP) is 3.54. The average molecular weight is 400 g/mol. The van der Waals surface area contributed by atoms with Crippen molar-refractivity contribution in [2.45, 2.75) is 40.0 Å². The highest BCUT2D eigenvalue weighted by atomic mass is 32.1. The summed E-state index contributed by atoms with van der Waals surface area (Å²) in [5, 5.41) is 18.2. The third-order valence-electron chi connectivity index (χ3n) is 4.32. The minimum Gasteiger partial charge on any atom is -0.386 e. The van der Waals surface area contributed by atoms with E-state index < -0.39 is 6.10 Å². The van der Waals surface area contributed by atoms with Gasteiger partial charge in [-0.2, -0.15) is 0 Å². The maximum Gasteiger partial charge on any atom is 0.191 e. The highest BCUT2D eigenvalue weighted by Crippen LogP contribution is 2.29. The van der Waals surface area contributed by atoms with E-state index in [0.717, 1.165) is 23.8 Å². The van der Waals surface area contributed by atoms with Gasteiger partial charge in [-0.05, 0) is 30.4 Å². The zero-order valence-corrected chi connectivity index (χ0v) is 17.5. The Kier molecular flexibility index (Phi) is 7.06. The number of aliphatic imine (C=N–C) groups is 1. The monoisotopic (exact) mass is 399 g/mol. The summed E-state index contributed by atoms with van der Waals surface area (Å²) in [6.07, 6.45) is 3.24. The van der Waals surface area contributed by atoms with Crippen LogP contribution < -0.4 is 10.6 Å². The molecule has 2 heterocycles. The van der Waals surface area contributed by atoms with Crippen molar-refractivity contribution in [3.8, 4) is 0 Å². The number of hydrogen-bond donors (Lipinski definition) is 3. The Balaban J connectivity index is 1.62. The lowest BCUT2D eigenvalue weighted by Crippen LogP contribution is -2.39. The molecule has 3 N–H and O–H groups in total. The lowest BCUT2D eigenvalue weighted by Gasteiger charge is -2.15. The van der Waals surface area contributed by atoms with Crippen molar-refractivity contribution in [1.82, 2.24) is 20.2 Å². The summed E-state index contributed by atoms with van der Waals surface area (Å²) in [4.78, 5) is 10.0. The lowest BCUT2D eigenvalue weighted by molar-refractivity contribution is 0.184. The molecule has 0 radical (unpaired) electrons. The van der Waals surface area contributed by atoms with E-state index in [9.17, 15) is 5.11 Å². The van der Waals surface area contributed by atoms with Gasteiger partial charge in [0.15, 0.2) is 5.96 Å². The van der Waals surface area contributed by atoms with E-state index in [0.29, 0.717) is 25.0 Å². The number of nitrogens with one attached hydrogen (secondary N) is 2. The van der Waals surface area contributed by atoms with Crippen LogP contribution in [0.25, 0.3) is 10.1 Å². The summed E-state index contributed by atoms with van der Waals surface area (Å²) in [6, 6.07) is 10.2. The number of benzene rings is 1. The van der Waals surface area contributed by atoms with Crippen LogP contribution in [-0.2, 0) is 13.1 Å². The number of aliphatic hydroxyl groups excluding tert-OH is 1. The molecule has 6 nitrogen and oxygen atoms in total. The number of thiophene rings is 1. The van der Waals surface area contributed by atoms with Crippen LogP contribution in [0.1, 0.15) is 37.6 Å². The first-order valence-corrected chi connectivity index (χ1v) is 10.6. The molecule has 0 fully saturated rings. The van der Waals surface area contributed by atoms with Gasteiger partial charge in [-0.25, -0.2) is 9.98 Å². The molecule has 3 rings (SSSR count). The zero-order chi connectivity index (χ0) is 19.9. The largest absolute Gasteiger partial charge is 0.386 e. The highest BCUT2D eigenvalue weighted by Gasteiger charge is 2.12. The van der Waals surface area contributed by atoms with Crippen LogP contribution in [0.5, 0.6) is 0 Å². The third-order valence-corrected chi connectivity index (χ3v) is 5.54. The summed E-state index contributed by atoms with van der Waals surface area (Å²) >= 11 is 1.63. The number of imidazole rings is 1. The molecule has 28 heavy (non-hydrogen) atoms. The molecule has 1 aromatic carbocycles. The van der Waals surface area contributed by atoms with Gasteiger partial charge < -0.3 is 20.3 Å². The molecule has 0 aliphatic heterocycles. The van der Waals surface area contributed by atoms with Crippen LogP contribution in [0.3, 0.4) is 0 Å². The van der Waals surface area contributed by atoms with Gasteiger partial charge in [-0.15, -0.1) is 11.3 Å². The van der Waals surface area contributed by atoms with E-state index in [1.807, 2.05) is 31.5 Å². The molecule has 150 valence electrons. The summed E-state index contributed by atoms with van der Waals surface area (Å²) in [7, 11) is 0. The van der Waals surface area contributed by atoms with Gasteiger partial charge in [0.2, 0.25) is 0 Å². The smallest absolute Gasteiger partial charge is 0.191 e. The molecule has 7 heteroatoms. The molecule has 1 atom stereocenters. The molecule has 0 aliphatic rings. The number of aromatic nitrogens is 2. The predicted molar refractivity (Wildman–Crippen MR) is 117 cm³/mol. The minimum absolute atomic E-state index is 0.402. The second kappa shape index (κ2) is 9.71. The van der Waals surface area contributed by atoms with Gasteiger partial charge in [0.1, 0.15) is 18.5 Å². The van der Waals surface area contributed by atoms with E-state index in [1.54, 1.807) is 11.3 Å². The second-order valence-corrected chi connectivity index (χ2v) is 8.28. The molecule has 2 aromatic heterocycles. The highest BCUT2D eigenvalue weighted by molar-refractivity contribution is 7.19. The maximum absolute atomic E-state index is 10.6. The number of guanidine groups is 1. The molecule has 1 unspecified atom stereocenters. The summed E-state index contributed by atoms with van der Waals surface area (Å²) in [5.74, 6) is 2.18. The number of rotatable bonds is 8. The average Bonchev–Trinajstić information content (AvgIpc) is 3.29. The van der Waals surface area contributed by atoms with E-state index in [2.05, 4.69) is 57.2 Å². The first kappa shape index (κ1) is 20.4. The summed E-state index contributed by atoms with van der Waals surface area (Å²) in [5.41, 5.74) is 0. The van der Waals surface area contributed by atoms with Crippen molar-refractivity contribution in [2.24, 2.45) is 10.9 Å². The van der Waals surface area contributed by atoms with E-state index >= 15 is 0 Å². The lowest BCUT2D eigenvalue weighted by atomic mass is 10.2. The van der Waals surface area contributed by atoms with Gasteiger partial charge in [0.25, 0.3) is 0 Å². The molecule has 0 bridgehead atoms. The standard InChI is InChI=1S/C21H29N5OS/c1-4-22-21(25-13-20-23-9-10-26(20)14-15(2)3)24-12-17(27)19-11-16-7-5-6-8-18(16)28-19/h5-11,15,17,27H,4,12-14H2,1-3H3,(H2,22,24,25). The zero-order valence-electron chi connectivity index (χ0n) is 16.7. The van der Waals surface area contributed by atoms with Crippen LogP contribution in [0.4, 0.5) is 0 Å². The van der Waals surface area contributed by atoms with Crippen LogP contribution in [0.2, 0.25) is 0 Å². The second-order valence-electron chi connectivity index (χ2n) is 7.17. The molecular weight excluding hydrogens is 370 g/mol. The fraction of sp³-hybridized carbons (Fsp3) is 0.429. The van der Waals surface area contributed by atoms with Gasteiger partial charge in [0, 0.05) is 41.6 Å². The Morgan fingerprint density at radius 1 is 1.29 bits per heavy atom. The van der Waals surface area contributed by atoms with Crippen LogP contribution in [0.15, 0.2) is 47.7 Å². The Morgan fingerprint density at radius 3 is 2.86 bits per heavy atom. The van der Waals surface area contributed by atoms with Gasteiger partial charge in [0.05, 0.1) is 0 Å². The topological polar surface area (TPSA) is 74.5 Å². The van der Waals surface area contributed by atoms with Gasteiger partial charge >= 0.3 is 0 Å². The number of hydrogen-bond acceptors (Lipinski definition) is 4. The fourth-order valence-electron chi connectivity index (χ4n) is 3.00. The van der Waals surface area contributed by atoms with E-state index in [4.69, 9.17) is 0 Å². The first-order valence-electron chi connectivity index (χ1n) is 9.75. The Hall–Kier alpha value is -2.38. The van der Waals surface area contributed by atoms with Crippen molar-refractivity contribution in [1.29, 1.82) is 0 Å². The van der Waals surface area contributed by atoms with Crippen molar-refractivity contribution >= 4 is 27.4 Å². The Bertz CT molecular complexity index is 881. The van der Waals surface area contributed by atoms with Gasteiger partial charge in [-0.1, -0.05) is 32.0 Å². The van der Waals surface area contributed by atoms with E-state index in [-0.39, 0.29) is 0 Å². The van der Waals surface area contributed by atoms with Crippen LogP contribution in [0, 0.1) is 5.92 Å². The quantitative estimate of drug-likeness (QED) is 0.400. The van der Waals surface area contributed by atoms with Gasteiger partial charge in [-0.3, -0.25) is 0 Å². The summed E-state index contributed by atoms with van der Waals surface area (Å²) < 4.78 is 3.33. The van der Waals surface area contributed by atoms with E-state index in [1.165, 1.54) is 10.1 Å². The van der Waals surface area contributed by atoms with Crippen molar-refractivity contribution in [2.75, 3.05) is 13.1 Å². The molecule has 0 amide bonds. The number of aliphatic hydroxyl groups is 1. The normalized spacial score (nSPS) is 13.2. The Labute approximate surface area is 170 Å². The first-order chi connectivity index (χ1) is 13.6. The van der Waals surface area contributed by atoms with Crippen LogP contribution >= 0.6 is 11.3 Å². The van der Waals surface area contributed by atoms with Crippen molar-refractivity contribution in [3.05, 3.63) is 53.4 Å².